The van der Waals surface area contributed by atoms with E-state index in [0.29, 0.717) is 19.0 Å². The van der Waals surface area contributed by atoms with Crippen LogP contribution in [-0.2, 0) is 27.8 Å². The number of anilines is 1. The third-order valence-electron chi connectivity index (χ3n) is 7.51. The summed E-state index contributed by atoms with van der Waals surface area (Å²) in [5.41, 5.74) is 2.52. The summed E-state index contributed by atoms with van der Waals surface area (Å²) in [6, 6.07) is 13.5. The van der Waals surface area contributed by atoms with E-state index in [2.05, 4.69) is 27.7 Å². The molecular formula is C29H40N4O3. The molecule has 0 spiro atoms. The highest BCUT2D eigenvalue weighted by molar-refractivity contribution is 5.90. The van der Waals surface area contributed by atoms with Crippen LogP contribution in [-0.4, -0.2) is 58.6 Å². The monoisotopic (exact) mass is 492 g/mol. The minimum absolute atomic E-state index is 0.258. The van der Waals surface area contributed by atoms with E-state index in [1.807, 2.05) is 44.2 Å². The number of carboxylic acids is 1. The summed E-state index contributed by atoms with van der Waals surface area (Å²) in [4.78, 5) is 32.2. The summed E-state index contributed by atoms with van der Waals surface area (Å²) < 4.78 is 0. The number of hydrogen-bond donors (Lipinski definition) is 3. The van der Waals surface area contributed by atoms with Crippen LogP contribution in [0.25, 0.3) is 0 Å². The molecule has 2 heterocycles. The van der Waals surface area contributed by atoms with Crippen molar-refractivity contribution in [2.24, 2.45) is 0 Å². The van der Waals surface area contributed by atoms with E-state index < -0.39 is 17.4 Å². The molecule has 1 fully saturated rings. The number of rotatable bonds is 13. The van der Waals surface area contributed by atoms with Gasteiger partial charge in [-0.1, -0.05) is 36.4 Å². The molecule has 3 N–H and O–H groups in total. The van der Waals surface area contributed by atoms with Crippen molar-refractivity contribution in [3.63, 3.8) is 0 Å². The predicted octanol–water partition coefficient (Wildman–Crippen LogP) is 4.16. The van der Waals surface area contributed by atoms with Crippen molar-refractivity contribution in [1.82, 2.24) is 15.2 Å². The molecular weight excluding hydrogens is 452 g/mol. The van der Waals surface area contributed by atoms with Gasteiger partial charge in [-0.05, 0) is 89.0 Å². The molecule has 7 heteroatoms. The second kappa shape index (κ2) is 11.9. The van der Waals surface area contributed by atoms with Gasteiger partial charge < -0.3 is 20.6 Å². The number of carbonyl (C=O) groups excluding carboxylic acids is 1. The van der Waals surface area contributed by atoms with Crippen molar-refractivity contribution >= 4 is 17.7 Å². The fourth-order valence-corrected chi connectivity index (χ4v) is 4.92. The molecule has 1 amide bonds. The highest BCUT2D eigenvalue weighted by atomic mass is 16.4. The van der Waals surface area contributed by atoms with Crippen molar-refractivity contribution in [3.05, 3.63) is 59.3 Å². The number of aliphatic carboxylic acids is 1. The molecule has 0 radical (unpaired) electrons. The molecule has 7 nitrogen and oxygen atoms in total. The first kappa shape index (κ1) is 26.1. The van der Waals surface area contributed by atoms with Gasteiger partial charge in [0.1, 0.15) is 11.9 Å². The molecule has 2 aromatic rings. The molecule has 36 heavy (non-hydrogen) atoms. The zero-order valence-electron chi connectivity index (χ0n) is 21.6. The van der Waals surface area contributed by atoms with Crippen LogP contribution >= 0.6 is 0 Å². The smallest absolute Gasteiger partial charge is 0.326 e. The fourth-order valence-electron chi connectivity index (χ4n) is 4.92. The molecule has 1 atom stereocenters. The molecule has 0 saturated heterocycles. The van der Waals surface area contributed by atoms with E-state index in [9.17, 15) is 14.7 Å². The van der Waals surface area contributed by atoms with Gasteiger partial charge in [-0.3, -0.25) is 4.79 Å². The Bertz CT molecular complexity index is 1040. The van der Waals surface area contributed by atoms with E-state index in [0.717, 1.165) is 55.8 Å². The van der Waals surface area contributed by atoms with Crippen LogP contribution in [0.5, 0.6) is 0 Å². The Labute approximate surface area is 214 Å². The van der Waals surface area contributed by atoms with Gasteiger partial charge in [0.25, 0.3) is 0 Å². The largest absolute Gasteiger partial charge is 0.480 e. The zero-order valence-corrected chi connectivity index (χ0v) is 21.6. The van der Waals surface area contributed by atoms with Crippen molar-refractivity contribution < 1.29 is 14.7 Å². The van der Waals surface area contributed by atoms with Gasteiger partial charge in [0, 0.05) is 24.8 Å². The average molecular weight is 493 g/mol. The number of carbonyl (C=O) groups is 2. The van der Waals surface area contributed by atoms with E-state index >= 15 is 0 Å². The van der Waals surface area contributed by atoms with Crippen molar-refractivity contribution in [2.75, 3.05) is 25.0 Å². The molecule has 1 aromatic carbocycles. The zero-order chi connectivity index (χ0) is 25.5. The summed E-state index contributed by atoms with van der Waals surface area (Å²) in [5.74, 6) is -0.184. The molecule has 1 aromatic heterocycles. The van der Waals surface area contributed by atoms with E-state index in [1.54, 1.807) is 0 Å². The normalized spacial score (nSPS) is 16.2. The van der Waals surface area contributed by atoms with Crippen LogP contribution in [0.2, 0.25) is 0 Å². The van der Waals surface area contributed by atoms with Crippen LogP contribution in [0, 0.1) is 0 Å². The summed E-state index contributed by atoms with van der Waals surface area (Å²) in [7, 11) is 0. The third-order valence-corrected chi connectivity index (χ3v) is 7.51. The first-order valence-corrected chi connectivity index (χ1v) is 13.4. The Kier molecular flexibility index (Phi) is 8.62. The second-order valence-electron chi connectivity index (χ2n) is 10.7. The number of aryl methyl sites for hydroxylation is 2. The first-order chi connectivity index (χ1) is 17.3. The number of amides is 1. The van der Waals surface area contributed by atoms with Crippen molar-refractivity contribution in [2.45, 2.75) is 82.7 Å². The molecule has 4 rings (SSSR count). The Balaban J connectivity index is 1.25. The highest BCUT2D eigenvalue weighted by Crippen LogP contribution is 2.28. The quantitative estimate of drug-likeness (QED) is 0.364. The number of aromatic nitrogens is 1. The molecule has 0 bridgehead atoms. The number of benzene rings is 1. The Morgan fingerprint density at radius 2 is 1.92 bits per heavy atom. The van der Waals surface area contributed by atoms with Gasteiger partial charge >= 0.3 is 5.97 Å². The van der Waals surface area contributed by atoms with Gasteiger partial charge in [-0.25, -0.2) is 9.78 Å². The second-order valence-corrected chi connectivity index (χ2v) is 10.7. The summed E-state index contributed by atoms with van der Waals surface area (Å²) in [6.45, 7) is 6.29. The lowest BCUT2D eigenvalue weighted by Gasteiger charge is -2.28. The maximum Gasteiger partial charge on any atom is 0.326 e. The minimum atomic E-state index is -0.977. The first-order valence-electron chi connectivity index (χ1n) is 13.4. The van der Waals surface area contributed by atoms with Crippen LogP contribution in [0.4, 0.5) is 5.82 Å². The molecule has 1 unspecified atom stereocenters. The van der Waals surface area contributed by atoms with Crippen molar-refractivity contribution in [3.8, 4) is 0 Å². The van der Waals surface area contributed by atoms with Crippen LogP contribution in [0.15, 0.2) is 42.5 Å². The summed E-state index contributed by atoms with van der Waals surface area (Å²) in [6.07, 6.45) is 8.08. The molecule has 1 aliphatic carbocycles. The van der Waals surface area contributed by atoms with Gasteiger partial charge in [0.05, 0.1) is 5.41 Å². The lowest BCUT2D eigenvalue weighted by molar-refractivity contribution is -0.142. The maximum atomic E-state index is 13.0. The highest BCUT2D eigenvalue weighted by Gasteiger charge is 2.34. The number of nitrogens with zero attached hydrogens (tertiary/aromatic N) is 2. The van der Waals surface area contributed by atoms with Gasteiger partial charge in [-0.2, -0.15) is 0 Å². The maximum absolute atomic E-state index is 13.0. The number of pyridine rings is 1. The van der Waals surface area contributed by atoms with Gasteiger partial charge in [0.15, 0.2) is 0 Å². The van der Waals surface area contributed by atoms with E-state index in [4.69, 9.17) is 4.98 Å². The van der Waals surface area contributed by atoms with E-state index in [1.165, 1.54) is 24.8 Å². The molecule has 1 aliphatic heterocycles. The minimum Gasteiger partial charge on any atom is -0.480 e. The van der Waals surface area contributed by atoms with Crippen molar-refractivity contribution in [1.29, 1.82) is 0 Å². The topological polar surface area (TPSA) is 94.6 Å². The summed E-state index contributed by atoms with van der Waals surface area (Å²) in [5, 5.41) is 16.0. The van der Waals surface area contributed by atoms with Crippen LogP contribution in [0.3, 0.4) is 0 Å². The fraction of sp³-hybridized carbons (Fsp3) is 0.552. The lowest BCUT2D eigenvalue weighted by Crippen LogP contribution is -2.49. The molecule has 1 saturated carbocycles. The SMILES string of the molecule is CC(C)(C(=O)NC(CCN(CCCCc1ccc2c(n1)NCCC2)C1CC1)C(=O)O)c1ccccc1. The Morgan fingerprint density at radius 3 is 2.64 bits per heavy atom. The van der Waals surface area contributed by atoms with E-state index in [-0.39, 0.29) is 5.91 Å². The third kappa shape index (κ3) is 6.84. The lowest BCUT2D eigenvalue weighted by atomic mass is 9.83. The van der Waals surface area contributed by atoms with Crippen LogP contribution in [0.1, 0.15) is 69.2 Å². The number of unbranched alkanes of at least 4 members (excludes halogenated alkanes) is 1. The molecule has 2 aliphatic rings. The summed E-state index contributed by atoms with van der Waals surface area (Å²) >= 11 is 0. The Hall–Kier alpha value is -2.93. The molecule has 194 valence electrons. The number of hydrogen-bond acceptors (Lipinski definition) is 5. The number of fused-ring (bicyclic) bond motifs is 1. The van der Waals surface area contributed by atoms with Gasteiger partial charge in [0.2, 0.25) is 5.91 Å². The standard InChI is InChI=1S/C29H40N4O3/c1-29(2,22-10-4-3-5-11-22)28(36)32-25(27(34)35)17-20-33(24-15-16-24)19-7-6-12-23-14-13-21-9-8-18-30-26(21)31-23/h3-5,10-11,13-14,24-25H,6-9,12,15-20H2,1-2H3,(H,30,31)(H,32,36)(H,34,35). The van der Waals surface area contributed by atoms with Gasteiger partial charge in [-0.15, -0.1) is 0 Å². The Morgan fingerprint density at radius 1 is 1.14 bits per heavy atom. The predicted molar refractivity (Wildman–Crippen MR) is 142 cm³/mol. The van der Waals surface area contributed by atoms with Crippen LogP contribution < -0.4 is 10.6 Å². The average Bonchev–Trinajstić information content (AvgIpc) is 3.73. The number of nitrogens with one attached hydrogen (secondary N) is 2. The number of carboxylic acid groups (broad SMARTS) is 1.